The van der Waals surface area contributed by atoms with E-state index >= 15 is 0 Å². The molecule has 0 bridgehead atoms. The molecule has 0 spiro atoms. The molecule has 4 aromatic rings. The Hall–Kier alpha value is -3.58. The highest BCUT2D eigenvalue weighted by atomic mass is 32.2. The first-order chi connectivity index (χ1) is 18.9. The summed E-state index contributed by atoms with van der Waals surface area (Å²) in [7, 11) is 0. The second-order valence-electron chi connectivity index (χ2n) is 8.20. The topological polar surface area (TPSA) is 168 Å². The van der Waals surface area contributed by atoms with Crippen LogP contribution in [0.1, 0.15) is 18.1 Å². The van der Waals surface area contributed by atoms with Crippen LogP contribution in [0.3, 0.4) is 0 Å². The van der Waals surface area contributed by atoms with Crippen molar-refractivity contribution in [3.05, 3.63) is 72.1 Å². The zero-order valence-electron chi connectivity index (χ0n) is 22.0. The number of hydrogen-bond acceptors (Lipinski definition) is 12. The predicted molar refractivity (Wildman–Crippen MR) is 159 cm³/mol. The molecular weight excluding hydrogens is 532 g/mol. The van der Waals surface area contributed by atoms with Gasteiger partial charge in [-0.1, -0.05) is 60.3 Å². The third kappa shape index (κ3) is 9.91. The van der Waals surface area contributed by atoms with Crippen LogP contribution in [0.2, 0.25) is 0 Å². The minimum Gasteiger partial charge on any atom is -0.395 e. The third-order valence-corrected chi connectivity index (χ3v) is 7.22. The zero-order valence-corrected chi connectivity index (χ0v) is 23.6. The number of benzene rings is 2. The third-order valence-electron chi connectivity index (χ3n) is 5.16. The van der Waals surface area contributed by atoms with Crippen molar-refractivity contribution in [3.8, 4) is 0 Å². The molecule has 206 valence electrons. The number of nitrogens with one attached hydrogen (secondary N) is 2. The quantitative estimate of drug-likeness (QED) is 0.154. The molecule has 0 saturated carbocycles. The van der Waals surface area contributed by atoms with Crippen molar-refractivity contribution < 1.29 is 10.2 Å². The van der Waals surface area contributed by atoms with E-state index in [4.69, 9.17) is 21.7 Å². The van der Waals surface area contributed by atoms with Crippen LogP contribution in [0.5, 0.6) is 0 Å². The standard InChI is InChI=1S/C14H18N4OS.C13H16N4OS/c1-2-10-3-5-11(6-4-10)20-12-9-17-14(15)18-13(12)16-7-8-19;1-9-2-4-10(5-3-9)19-11-8-16-13(14)17-12(11)15-6-7-18/h3-6,9,19H,2,7-8H2,1H3,(H3,15,16,17,18);2-5,8,18H,6-7H2,1H3,(H3,14,15,16,17). The molecule has 0 aliphatic heterocycles. The average Bonchev–Trinajstić information content (AvgIpc) is 2.95. The second-order valence-corrected chi connectivity index (χ2v) is 10.4. The van der Waals surface area contributed by atoms with Crippen LogP contribution in [0.15, 0.2) is 80.5 Å². The molecule has 0 aliphatic carbocycles. The highest BCUT2D eigenvalue weighted by molar-refractivity contribution is 7.99. The Morgan fingerprint density at radius 2 is 1.15 bits per heavy atom. The maximum atomic E-state index is 8.89. The Bertz CT molecular complexity index is 1310. The van der Waals surface area contributed by atoms with Crippen molar-refractivity contribution in [2.75, 3.05) is 48.4 Å². The summed E-state index contributed by atoms with van der Waals surface area (Å²) in [5.74, 6) is 1.73. The van der Waals surface area contributed by atoms with Crippen LogP contribution in [-0.4, -0.2) is 56.5 Å². The van der Waals surface area contributed by atoms with E-state index in [1.165, 1.54) is 11.1 Å². The normalized spacial score (nSPS) is 10.5. The van der Waals surface area contributed by atoms with Crippen LogP contribution < -0.4 is 22.1 Å². The lowest BCUT2D eigenvalue weighted by Crippen LogP contribution is -2.09. The first-order valence-electron chi connectivity index (χ1n) is 12.4. The van der Waals surface area contributed by atoms with Gasteiger partial charge in [-0.05, 0) is 43.2 Å². The molecule has 4 rings (SSSR count). The molecule has 8 N–H and O–H groups in total. The van der Waals surface area contributed by atoms with Gasteiger partial charge in [-0.3, -0.25) is 0 Å². The van der Waals surface area contributed by atoms with E-state index in [9.17, 15) is 0 Å². The fourth-order valence-electron chi connectivity index (χ4n) is 3.17. The number of aliphatic hydroxyl groups is 2. The van der Waals surface area contributed by atoms with Gasteiger partial charge in [-0.2, -0.15) is 9.97 Å². The number of nitrogens with zero attached hydrogens (tertiary/aromatic N) is 4. The first kappa shape index (κ1) is 30.0. The number of aromatic nitrogens is 4. The van der Waals surface area contributed by atoms with E-state index in [0.29, 0.717) is 24.7 Å². The molecule has 2 heterocycles. The Kier molecular flexibility index (Phi) is 12.1. The van der Waals surface area contributed by atoms with Gasteiger partial charge in [0, 0.05) is 35.3 Å². The summed E-state index contributed by atoms with van der Waals surface area (Å²) < 4.78 is 0. The number of hydrogen-bond donors (Lipinski definition) is 6. The minimum atomic E-state index is 0.0402. The van der Waals surface area contributed by atoms with Crippen LogP contribution in [0.25, 0.3) is 0 Å². The largest absolute Gasteiger partial charge is 0.395 e. The summed E-state index contributed by atoms with van der Waals surface area (Å²) in [5.41, 5.74) is 13.7. The number of aliphatic hydroxyl groups excluding tert-OH is 2. The van der Waals surface area contributed by atoms with Crippen LogP contribution in [-0.2, 0) is 6.42 Å². The Labute approximate surface area is 237 Å². The highest BCUT2D eigenvalue weighted by Gasteiger charge is 2.09. The summed E-state index contributed by atoms with van der Waals surface area (Å²) in [4.78, 5) is 20.3. The minimum absolute atomic E-state index is 0.0402. The lowest BCUT2D eigenvalue weighted by molar-refractivity contribution is 0.310. The summed E-state index contributed by atoms with van der Waals surface area (Å²) in [6.07, 6.45) is 4.41. The van der Waals surface area contributed by atoms with Crippen LogP contribution in [0.4, 0.5) is 23.5 Å². The molecule has 2 aromatic heterocycles. The summed E-state index contributed by atoms with van der Waals surface area (Å²) in [6, 6.07) is 16.6. The number of rotatable bonds is 11. The molecular formula is C27H34N8O2S2. The summed E-state index contributed by atoms with van der Waals surface area (Å²) >= 11 is 3.13. The van der Waals surface area contributed by atoms with Crippen molar-refractivity contribution >= 4 is 47.1 Å². The maximum Gasteiger partial charge on any atom is 0.221 e. The van der Waals surface area contributed by atoms with Gasteiger partial charge in [0.25, 0.3) is 0 Å². The van der Waals surface area contributed by atoms with Crippen molar-refractivity contribution in [2.24, 2.45) is 0 Å². The fraction of sp³-hybridized carbons (Fsp3) is 0.259. The van der Waals surface area contributed by atoms with Gasteiger partial charge in [0.15, 0.2) is 0 Å². The van der Waals surface area contributed by atoms with Gasteiger partial charge in [-0.25, -0.2) is 9.97 Å². The van der Waals surface area contributed by atoms with Gasteiger partial charge < -0.3 is 32.3 Å². The summed E-state index contributed by atoms with van der Waals surface area (Å²) in [6.45, 7) is 5.12. The molecule has 0 radical (unpaired) electrons. The van der Waals surface area contributed by atoms with Gasteiger partial charge in [0.05, 0.1) is 23.0 Å². The highest BCUT2D eigenvalue weighted by Crippen LogP contribution is 2.33. The molecule has 0 fully saturated rings. The van der Waals surface area contributed by atoms with Crippen molar-refractivity contribution in [1.82, 2.24) is 19.9 Å². The zero-order chi connectivity index (χ0) is 28.0. The Balaban J connectivity index is 0.000000216. The van der Waals surface area contributed by atoms with E-state index < -0.39 is 0 Å². The molecule has 12 heteroatoms. The monoisotopic (exact) mass is 566 g/mol. The van der Waals surface area contributed by atoms with Crippen molar-refractivity contribution in [2.45, 2.75) is 39.9 Å². The van der Waals surface area contributed by atoms with E-state index in [1.54, 1.807) is 35.9 Å². The van der Waals surface area contributed by atoms with E-state index in [2.05, 4.69) is 80.8 Å². The molecule has 0 atom stereocenters. The fourth-order valence-corrected chi connectivity index (χ4v) is 4.87. The summed E-state index contributed by atoms with van der Waals surface area (Å²) in [5, 5.41) is 23.8. The molecule has 0 unspecified atom stereocenters. The number of nitrogen functional groups attached to an aromatic ring is 2. The second kappa shape index (κ2) is 15.7. The van der Waals surface area contributed by atoms with E-state index in [1.807, 2.05) is 12.1 Å². The smallest absolute Gasteiger partial charge is 0.221 e. The number of aryl methyl sites for hydroxylation is 2. The molecule has 0 amide bonds. The predicted octanol–water partition coefficient (Wildman–Crippen LogP) is 4.10. The number of anilines is 4. The Morgan fingerprint density at radius 1 is 0.718 bits per heavy atom. The van der Waals surface area contributed by atoms with Crippen LogP contribution >= 0.6 is 23.5 Å². The average molecular weight is 567 g/mol. The first-order valence-corrected chi connectivity index (χ1v) is 14.0. The van der Waals surface area contributed by atoms with Gasteiger partial charge in [0.1, 0.15) is 11.6 Å². The maximum absolute atomic E-state index is 8.89. The van der Waals surface area contributed by atoms with Gasteiger partial charge in [-0.15, -0.1) is 0 Å². The molecule has 0 aliphatic rings. The van der Waals surface area contributed by atoms with E-state index in [0.717, 1.165) is 26.0 Å². The molecule has 2 aromatic carbocycles. The van der Waals surface area contributed by atoms with Crippen molar-refractivity contribution in [3.63, 3.8) is 0 Å². The van der Waals surface area contributed by atoms with E-state index in [-0.39, 0.29) is 25.1 Å². The molecule has 10 nitrogen and oxygen atoms in total. The van der Waals surface area contributed by atoms with Crippen LogP contribution in [0, 0.1) is 6.92 Å². The molecule has 39 heavy (non-hydrogen) atoms. The lowest BCUT2D eigenvalue weighted by atomic mass is 10.2. The SMILES string of the molecule is CCc1ccc(Sc2cnc(N)nc2NCCO)cc1.Cc1ccc(Sc2cnc(N)nc2NCCO)cc1. The lowest BCUT2D eigenvalue weighted by Gasteiger charge is -2.10. The number of nitrogens with two attached hydrogens (primary N) is 2. The Morgan fingerprint density at radius 3 is 1.56 bits per heavy atom. The van der Waals surface area contributed by atoms with Crippen molar-refractivity contribution in [1.29, 1.82) is 0 Å². The molecule has 0 saturated heterocycles. The van der Waals surface area contributed by atoms with Gasteiger partial charge in [0.2, 0.25) is 11.9 Å². The van der Waals surface area contributed by atoms with Gasteiger partial charge >= 0.3 is 0 Å².